The molecule has 2 heteroatoms. The minimum absolute atomic E-state index is 0.594. The molecule has 0 radical (unpaired) electrons. The first kappa shape index (κ1) is 6.03. The molecule has 2 nitrogen and oxygen atoms in total. The van der Waals surface area contributed by atoms with Gasteiger partial charge in [0.15, 0.2) is 6.19 Å². The van der Waals surface area contributed by atoms with E-state index >= 15 is 0 Å². The Hall–Kier alpha value is -0.970. The monoisotopic (exact) mass is 96.1 g/mol. The van der Waals surface area contributed by atoms with E-state index in [1.54, 1.807) is 6.19 Å². The molecule has 0 aromatic heterocycles. The summed E-state index contributed by atoms with van der Waals surface area (Å²) in [6.45, 7) is 6.04. The predicted molar refractivity (Wildman–Crippen MR) is 28.4 cm³/mol. The summed E-state index contributed by atoms with van der Waals surface area (Å²) < 4.78 is 0. The number of nitrogens with one attached hydrogen (secondary N) is 1. The summed E-state index contributed by atoms with van der Waals surface area (Å²) in [7, 11) is 0. The van der Waals surface area contributed by atoms with E-state index in [1.165, 1.54) is 0 Å². The fraction of sp³-hybridized carbons (Fsp3) is 0.400. The van der Waals surface area contributed by atoms with E-state index in [4.69, 9.17) is 5.26 Å². The maximum Gasteiger partial charge on any atom is 0.176 e. The summed E-state index contributed by atoms with van der Waals surface area (Å²) in [4.78, 5) is 0. The highest BCUT2D eigenvalue weighted by Crippen LogP contribution is 1.78. The first-order valence-corrected chi connectivity index (χ1v) is 2.03. The van der Waals surface area contributed by atoms with E-state index in [-0.39, 0.29) is 0 Å². The van der Waals surface area contributed by atoms with Gasteiger partial charge in [-0.2, -0.15) is 5.26 Å². The van der Waals surface area contributed by atoms with Crippen molar-refractivity contribution in [2.75, 3.05) is 6.54 Å². The quantitative estimate of drug-likeness (QED) is 0.311. The third-order valence-corrected chi connectivity index (χ3v) is 0.469. The molecular weight excluding hydrogens is 88.1 g/mol. The van der Waals surface area contributed by atoms with Gasteiger partial charge in [0.2, 0.25) is 0 Å². The van der Waals surface area contributed by atoms with Gasteiger partial charge < -0.3 is 5.32 Å². The molecule has 0 bridgehead atoms. The number of rotatable bonds is 2. The predicted octanol–water partition coefficient (Wildman–Crippen LogP) is 0.633. The molecule has 0 unspecified atom stereocenters. The zero-order valence-electron chi connectivity index (χ0n) is 4.36. The molecule has 0 aromatic rings. The van der Waals surface area contributed by atoms with Crippen LogP contribution in [0.15, 0.2) is 12.2 Å². The van der Waals surface area contributed by atoms with Crippen LogP contribution in [0.2, 0.25) is 0 Å². The molecule has 0 fully saturated rings. The smallest absolute Gasteiger partial charge is 0.176 e. The van der Waals surface area contributed by atoms with Crippen molar-refractivity contribution in [3.63, 3.8) is 0 Å². The number of hydrogen-bond donors (Lipinski definition) is 1. The summed E-state index contributed by atoms with van der Waals surface area (Å²) in [5, 5.41) is 10.4. The van der Waals surface area contributed by atoms with Gasteiger partial charge in [0.05, 0.1) is 0 Å². The third kappa shape index (κ3) is 5.03. The minimum atomic E-state index is 0.594. The van der Waals surface area contributed by atoms with Crippen molar-refractivity contribution in [3.8, 4) is 6.19 Å². The Labute approximate surface area is 43.5 Å². The van der Waals surface area contributed by atoms with Crippen LogP contribution in [0.5, 0.6) is 0 Å². The van der Waals surface area contributed by atoms with Crippen LogP contribution in [-0.2, 0) is 0 Å². The van der Waals surface area contributed by atoms with E-state index < -0.39 is 0 Å². The summed E-state index contributed by atoms with van der Waals surface area (Å²) >= 11 is 0. The zero-order valence-corrected chi connectivity index (χ0v) is 4.36. The molecule has 0 aliphatic carbocycles. The van der Waals surface area contributed by atoms with E-state index in [2.05, 4.69) is 11.9 Å². The highest BCUT2D eigenvalue weighted by Gasteiger charge is 1.77. The summed E-state index contributed by atoms with van der Waals surface area (Å²) in [6.07, 6.45) is 1.79. The second kappa shape index (κ2) is 3.23. The van der Waals surface area contributed by atoms with Crippen LogP contribution in [0.25, 0.3) is 0 Å². The molecule has 0 saturated carbocycles. The van der Waals surface area contributed by atoms with Crippen LogP contribution in [0.1, 0.15) is 6.92 Å². The molecule has 38 valence electrons. The number of nitrogens with zero attached hydrogens (tertiary/aromatic N) is 1. The molecule has 0 atom stereocenters. The average molecular weight is 96.1 g/mol. The fourth-order valence-corrected chi connectivity index (χ4v) is 0.190. The van der Waals surface area contributed by atoms with Gasteiger partial charge in [0, 0.05) is 6.54 Å². The van der Waals surface area contributed by atoms with Gasteiger partial charge in [-0.3, -0.25) is 0 Å². The third-order valence-electron chi connectivity index (χ3n) is 0.469. The number of hydrogen-bond acceptors (Lipinski definition) is 2. The van der Waals surface area contributed by atoms with Gasteiger partial charge in [0.25, 0.3) is 0 Å². The highest BCUT2D eigenvalue weighted by molar-refractivity contribution is 4.92. The lowest BCUT2D eigenvalue weighted by Gasteiger charge is -1.89. The van der Waals surface area contributed by atoms with Crippen LogP contribution in [0.4, 0.5) is 0 Å². The van der Waals surface area contributed by atoms with Gasteiger partial charge in [-0.1, -0.05) is 12.2 Å². The lowest BCUT2D eigenvalue weighted by molar-refractivity contribution is 0.954. The standard InChI is InChI=1S/C5H8N2/c1-5(2)3-7-4-6/h7H,1,3H2,2H3. The summed E-state index contributed by atoms with van der Waals surface area (Å²) in [5.41, 5.74) is 0.974. The molecule has 1 N–H and O–H groups in total. The van der Waals surface area contributed by atoms with E-state index in [0.717, 1.165) is 5.57 Å². The Morgan fingerprint density at radius 1 is 2.00 bits per heavy atom. The molecule has 0 aromatic carbocycles. The second-order valence-electron chi connectivity index (χ2n) is 1.42. The van der Waals surface area contributed by atoms with Crippen molar-refractivity contribution in [3.05, 3.63) is 12.2 Å². The molecule has 0 spiro atoms. The Bertz CT molecular complexity index is 99.1. The van der Waals surface area contributed by atoms with Crippen molar-refractivity contribution in [1.29, 1.82) is 5.26 Å². The van der Waals surface area contributed by atoms with Gasteiger partial charge in [-0.05, 0) is 6.92 Å². The van der Waals surface area contributed by atoms with Gasteiger partial charge in [-0.15, -0.1) is 0 Å². The molecular formula is C5H8N2. The normalized spacial score (nSPS) is 6.86. The van der Waals surface area contributed by atoms with Gasteiger partial charge >= 0.3 is 0 Å². The van der Waals surface area contributed by atoms with Crippen LogP contribution in [0.3, 0.4) is 0 Å². The van der Waals surface area contributed by atoms with Crippen molar-refractivity contribution < 1.29 is 0 Å². The lowest BCUT2D eigenvalue weighted by Crippen LogP contribution is -2.06. The molecule has 0 aliphatic heterocycles. The van der Waals surface area contributed by atoms with Crippen LogP contribution < -0.4 is 5.32 Å². The largest absolute Gasteiger partial charge is 0.320 e. The van der Waals surface area contributed by atoms with Crippen LogP contribution >= 0.6 is 0 Å². The Kier molecular flexibility index (Phi) is 2.78. The summed E-state index contributed by atoms with van der Waals surface area (Å²) in [5.74, 6) is 0. The van der Waals surface area contributed by atoms with Crippen LogP contribution in [-0.4, -0.2) is 6.54 Å². The van der Waals surface area contributed by atoms with Gasteiger partial charge in [-0.25, -0.2) is 0 Å². The summed E-state index contributed by atoms with van der Waals surface area (Å²) in [6, 6.07) is 0. The first-order valence-electron chi connectivity index (χ1n) is 2.03. The maximum atomic E-state index is 7.91. The first-order chi connectivity index (χ1) is 3.27. The van der Waals surface area contributed by atoms with E-state index in [0.29, 0.717) is 6.54 Å². The Morgan fingerprint density at radius 3 is 2.71 bits per heavy atom. The van der Waals surface area contributed by atoms with Crippen molar-refractivity contribution in [2.45, 2.75) is 6.92 Å². The maximum absolute atomic E-state index is 7.91. The lowest BCUT2D eigenvalue weighted by atomic mass is 10.4. The highest BCUT2D eigenvalue weighted by atomic mass is 14.8. The van der Waals surface area contributed by atoms with Crippen molar-refractivity contribution in [1.82, 2.24) is 5.32 Å². The molecule has 0 amide bonds. The fourth-order valence-electron chi connectivity index (χ4n) is 0.190. The average Bonchev–Trinajstić information content (AvgIpc) is 1.61. The molecule has 7 heavy (non-hydrogen) atoms. The Balaban J connectivity index is 3.02. The number of nitriles is 1. The molecule has 0 aliphatic rings. The van der Waals surface area contributed by atoms with Crippen molar-refractivity contribution >= 4 is 0 Å². The van der Waals surface area contributed by atoms with E-state index in [9.17, 15) is 0 Å². The zero-order chi connectivity index (χ0) is 5.70. The SMILES string of the molecule is C=C(C)CNC#N. The topological polar surface area (TPSA) is 35.8 Å². The molecule has 0 saturated heterocycles. The minimum Gasteiger partial charge on any atom is -0.320 e. The Morgan fingerprint density at radius 2 is 2.57 bits per heavy atom. The van der Waals surface area contributed by atoms with Crippen LogP contribution in [0, 0.1) is 11.5 Å². The second-order valence-corrected chi connectivity index (χ2v) is 1.42. The van der Waals surface area contributed by atoms with Crippen molar-refractivity contribution in [2.24, 2.45) is 0 Å². The molecule has 0 heterocycles. The van der Waals surface area contributed by atoms with E-state index in [1.807, 2.05) is 6.92 Å². The molecule has 0 rings (SSSR count). The van der Waals surface area contributed by atoms with Gasteiger partial charge in [0.1, 0.15) is 0 Å².